The number of nitrogens with zero attached hydrogens (tertiary/aromatic N) is 5. The summed E-state index contributed by atoms with van der Waals surface area (Å²) >= 11 is 0. The summed E-state index contributed by atoms with van der Waals surface area (Å²) < 4.78 is 6.97. The molecule has 3 heterocycles. The predicted octanol–water partition coefficient (Wildman–Crippen LogP) is 1.73. The number of carbonyl (C=O) groups excluding carboxylic acids is 1. The van der Waals surface area contributed by atoms with Gasteiger partial charge in [0.05, 0.1) is 11.8 Å². The predicted molar refractivity (Wildman–Crippen MR) is 74.5 cm³/mol. The maximum atomic E-state index is 12.7. The first-order valence-corrected chi connectivity index (χ1v) is 7.31. The highest BCUT2D eigenvalue weighted by Crippen LogP contribution is 2.31. The van der Waals surface area contributed by atoms with E-state index in [1.807, 2.05) is 11.8 Å². The quantitative estimate of drug-likeness (QED) is 0.860. The van der Waals surface area contributed by atoms with Crippen LogP contribution in [-0.4, -0.2) is 37.3 Å². The van der Waals surface area contributed by atoms with Gasteiger partial charge in [-0.2, -0.15) is 10.1 Å². The molecule has 7 heteroatoms. The highest BCUT2D eigenvalue weighted by atomic mass is 16.5. The third-order valence-electron chi connectivity index (χ3n) is 3.80. The average Bonchev–Trinajstić information content (AvgIpc) is 3.15. The topological polar surface area (TPSA) is 77.0 Å². The number of aryl methyl sites for hydroxylation is 2. The van der Waals surface area contributed by atoms with Crippen LogP contribution in [0.3, 0.4) is 0 Å². The highest BCUT2D eigenvalue weighted by Gasteiger charge is 2.32. The normalized spacial score (nSPS) is 19.0. The molecule has 1 aliphatic rings. The van der Waals surface area contributed by atoms with Crippen molar-refractivity contribution in [2.75, 3.05) is 6.54 Å². The molecule has 1 atom stereocenters. The van der Waals surface area contributed by atoms with Crippen molar-refractivity contribution in [3.8, 4) is 0 Å². The molecule has 2 aromatic heterocycles. The van der Waals surface area contributed by atoms with Gasteiger partial charge in [0.15, 0.2) is 5.82 Å². The number of piperidine rings is 1. The fraction of sp³-hybridized carbons (Fsp3) is 0.571. The van der Waals surface area contributed by atoms with Gasteiger partial charge in [-0.1, -0.05) is 12.1 Å². The molecule has 3 rings (SSSR count). The number of amides is 1. The number of carbonyl (C=O) groups is 1. The van der Waals surface area contributed by atoms with E-state index < -0.39 is 0 Å². The Balaban J connectivity index is 1.85. The summed E-state index contributed by atoms with van der Waals surface area (Å²) in [5, 5.41) is 8.01. The Labute approximate surface area is 122 Å². The van der Waals surface area contributed by atoms with Crippen molar-refractivity contribution in [2.24, 2.45) is 7.05 Å². The zero-order valence-electron chi connectivity index (χ0n) is 12.3. The van der Waals surface area contributed by atoms with E-state index in [0.717, 1.165) is 25.7 Å². The fourth-order valence-corrected chi connectivity index (χ4v) is 2.68. The van der Waals surface area contributed by atoms with Crippen LogP contribution in [0.4, 0.5) is 0 Å². The lowest BCUT2D eigenvalue weighted by Crippen LogP contribution is -2.38. The van der Waals surface area contributed by atoms with Crippen LogP contribution < -0.4 is 0 Å². The molecule has 7 nitrogen and oxygen atoms in total. The fourth-order valence-electron chi connectivity index (χ4n) is 2.68. The molecule has 2 aromatic rings. The molecule has 21 heavy (non-hydrogen) atoms. The van der Waals surface area contributed by atoms with Crippen LogP contribution in [0.5, 0.6) is 0 Å². The lowest BCUT2D eigenvalue weighted by molar-refractivity contribution is 0.0561. The molecule has 0 unspecified atom stereocenters. The Kier molecular flexibility index (Phi) is 3.72. The number of aromatic nitrogens is 4. The Bertz CT molecular complexity index is 633. The maximum absolute atomic E-state index is 12.7. The second-order valence-corrected chi connectivity index (χ2v) is 5.32. The monoisotopic (exact) mass is 289 g/mol. The largest absolute Gasteiger partial charge is 0.337 e. The molecule has 0 aliphatic carbocycles. The molecule has 1 aliphatic heterocycles. The van der Waals surface area contributed by atoms with Crippen LogP contribution in [0.2, 0.25) is 0 Å². The molecule has 1 saturated heterocycles. The Morgan fingerprint density at radius 3 is 3.00 bits per heavy atom. The number of hydrogen-bond donors (Lipinski definition) is 0. The van der Waals surface area contributed by atoms with Crippen LogP contribution in [0.15, 0.2) is 16.9 Å². The van der Waals surface area contributed by atoms with Crippen molar-refractivity contribution in [1.29, 1.82) is 0 Å². The zero-order valence-corrected chi connectivity index (χ0v) is 12.3. The van der Waals surface area contributed by atoms with E-state index in [1.165, 1.54) is 0 Å². The van der Waals surface area contributed by atoms with Crippen LogP contribution in [0.25, 0.3) is 0 Å². The SMILES string of the molecule is CCc1noc([C@@H]2CCCCN2C(=O)c2cnn(C)c2)n1. The van der Waals surface area contributed by atoms with Gasteiger partial charge in [0.25, 0.3) is 5.91 Å². The van der Waals surface area contributed by atoms with Gasteiger partial charge in [-0.15, -0.1) is 0 Å². The van der Waals surface area contributed by atoms with Crippen molar-refractivity contribution >= 4 is 5.91 Å². The first-order valence-electron chi connectivity index (χ1n) is 7.31. The van der Waals surface area contributed by atoms with E-state index in [1.54, 1.807) is 24.1 Å². The summed E-state index contributed by atoms with van der Waals surface area (Å²) in [7, 11) is 1.80. The molecule has 112 valence electrons. The summed E-state index contributed by atoms with van der Waals surface area (Å²) in [5.74, 6) is 1.21. The number of rotatable bonds is 3. The number of hydrogen-bond acceptors (Lipinski definition) is 5. The van der Waals surface area contributed by atoms with Gasteiger partial charge in [0.1, 0.15) is 6.04 Å². The van der Waals surface area contributed by atoms with E-state index in [4.69, 9.17) is 4.52 Å². The van der Waals surface area contributed by atoms with Gasteiger partial charge in [0.2, 0.25) is 5.89 Å². The lowest BCUT2D eigenvalue weighted by Gasteiger charge is -2.33. The summed E-state index contributed by atoms with van der Waals surface area (Å²) in [4.78, 5) is 18.9. The van der Waals surface area contributed by atoms with Gasteiger partial charge >= 0.3 is 0 Å². The number of likely N-dealkylation sites (tertiary alicyclic amines) is 1. The van der Waals surface area contributed by atoms with E-state index in [2.05, 4.69) is 15.2 Å². The van der Waals surface area contributed by atoms with Gasteiger partial charge < -0.3 is 9.42 Å². The summed E-state index contributed by atoms with van der Waals surface area (Å²) in [6.07, 6.45) is 6.98. The molecule has 0 radical (unpaired) electrons. The maximum Gasteiger partial charge on any atom is 0.257 e. The molecular weight excluding hydrogens is 270 g/mol. The van der Waals surface area contributed by atoms with Crippen molar-refractivity contribution < 1.29 is 9.32 Å². The van der Waals surface area contributed by atoms with Gasteiger partial charge in [0, 0.05) is 26.2 Å². The van der Waals surface area contributed by atoms with Gasteiger partial charge in [-0.25, -0.2) is 0 Å². The van der Waals surface area contributed by atoms with E-state index in [9.17, 15) is 4.79 Å². The molecule has 1 amide bonds. The van der Waals surface area contributed by atoms with Crippen molar-refractivity contribution in [3.63, 3.8) is 0 Å². The lowest BCUT2D eigenvalue weighted by atomic mass is 10.0. The summed E-state index contributed by atoms with van der Waals surface area (Å²) in [5.41, 5.74) is 0.597. The zero-order chi connectivity index (χ0) is 14.8. The molecule has 0 spiro atoms. The van der Waals surface area contributed by atoms with E-state index >= 15 is 0 Å². The minimum atomic E-state index is -0.126. The Morgan fingerprint density at radius 1 is 1.48 bits per heavy atom. The standard InChI is InChI=1S/C14H19N5O2/c1-3-12-16-13(21-17-12)11-6-4-5-7-19(11)14(20)10-8-15-18(2)9-10/h8-9,11H,3-7H2,1-2H3/t11-/m0/s1. The molecule has 0 saturated carbocycles. The first kappa shape index (κ1) is 13.8. The molecular formula is C14H19N5O2. The Hall–Kier alpha value is -2.18. The van der Waals surface area contributed by atoms with Crippen LogP contribution in [-0.2, 0) is 13.5 Å². The summed E-state index contributed by atoms with van der Waals surface area (Å²) in [6.45, 7) is 2.69. The third kappa shape index (κ3) is 2.68. The first-order chi connectivity index (χ1) is 10.2. The van der Waals surface area contributed by atoms with Crippen LogP contribution in [0.1, 0.15) is 54.3 Å². The van der Waals surface area contributed by atoms with Crippen molar-refractivity contribution in [3.05, 3.63) is 29.7 Å². The van der Waals surface area contributed by atoms with Gasteiger partial charge in [-0.3, -0.25) is 9.48 Å². The van der Waals surface area contributed by atoms with Crippen LogP contribution in [0, 0.1) is 0 Å². The Morgan fingerprint density at radius 2 is 2.33 bits per heavy atom. The van der Waals surface area contributed by atoms with Crippen molar-refractivity contribution in [2.45, 2.75) is 38.6 Å². The average molecular weight is 289 g/mol. The summed E-state index contributed by atoms with van der Waals surface area (Å²) in [6, 6.07) is -0.126. The molecule has 0 bridgehead atoms. The minimum Gasteiger partial charge on any atom is -0.337 e. The van der Waals surface area contributed by atoms with Gasteiger partial charge in [-0.05, 0) is 19.3 Å². The van der Waals surface area contributed by atoms with Crippen LogP contribution >= 0.6 is 0 Å². The highest BCUT2D eigenvalue weighted by molar-refractivity contribution is 5.94. The second-order valence-electron chi connectivity index (χ2n) is 5.32. The van der Waals surface area contributed by atoms with E-state index in [-0.39, 0.29) is 11.9 Å². The minimum absolute atomic E-state index is 0.0240. The third-order valence-corrected chi connectivity index (χ3v) is 3.80. The smallest absolute Gasteiger partial charge is 0.257 e. The second kappa shape index (κ2) is 5.67. The van der Waals surface area contributed by atoms with Crippen molar-refractivity contribution in [1.82, 2.24) is 24.8 Å². The van der Waals surface area contributed by atoms with E-state index in [0.29, 0.717) is 23.8 Å². The molecule has 0 aromatic carbocycles. The molecule has 1 fully saturated rings. The molecule has 0 N–H and O–H groups in total.